The maximum atomic E-state index is 12.6. The van der Waals surface area contributed by atoms with Crippen LogP contribution >= 0.6 is 0 Å². The van der Waals surface area contributed by atoms with Crippen molar-refractivity contribution in [2.24, 2.45) is 0 Å². The largest absolute Gasteiger partial charge is 0.481 e. The zero-order valence-corrected chi connectivity index (χ0v) is 17.6. The predicted octanol–water partition coefficient (Wildman–Crippen LogP) is 3.19. The predicted molar refractivity (Wildman–Crippen MR) is 120 cm³/mol. The molecule has 9 nitrogen and oxygen atoms in total. The lowest BCUT2D eigenvalue weighted by Gasteiger charge is -2.19. The van der Waals surface area contributed by atoms with Gasteiger partial charge in [0.15, 0.2) is 5.82 Å². The number of amides is 2. The molecule has 2 aromatic carbocycles. The first-order chi connectivity index (χ1) is 16.0. The van der Waals surface area contributed by atoms with E-state index in [2.05, 4.69) is 20.6 Å². The fraction of sp³-hybridized carbons (Fsp3) is 0.208. The van der Waals surface area contributed by atoms with Crippen LogP contribution in [0.5, 0.6) is 0 Å². The molecule has 0 fully saturated rings. The van der Waals surface area contributed by atoms with E-state index in [4.69, 9.17) is 9.84 Å². The topological polar surface area (TPSA) is 131 Å². The molecule has 0 spiro atoms. The number of nitrogens with one attached hydrogen (secondary N) is 2. The third-order valence-corrected chi connectivity index (χ3v) is 5.41. The summed E-state index contributed by atoms with van der Waals surface area (Å²) in [5, 5.41) is 14.0. The van der Waals surface area contributed by atoms with Crippen LogP contribution < -0.4 is 10.6 Å². The highest BCUT2D eigenvalue weighted by Gasteiger charge is 2.30. The van der Waals surface area contributed by atoms with Crippen LogP contribution in [0.25, 0.3) is 11.1 Å². The van der Waals surface area contributed by atoms with Crippen molar-refractivity contribution < 1.29 is 24.2 Å². The number of hydrogen-bond donors (Lipinski definition) is 3. The van der Waals surface area contributed by atoms with E-state index in [0.29, 0.717) is 0 Å². The molecule has 0 aliphatic heterocycles. The van der Waals surface area contributed by atoms with Gasteiger partial charge in [0.1, 0.15) is 12.6 Å². The first-order valence-electron chi connectivity index (χ1n) is 10.4. The smallest absolute Gasteiger partial charge is 0.407 e. The number of aliphatic carboxylic acids is 1. The zero-order valence-electron chi connectivity index (χ0n) is 17.6. The molecular weight excluding hydrogens is 424 g/mol. The molecule has 9 heteroatoms. The quantitative estimate of drug-likeness (QED) is 0.484. The van der Waals surface area contributed by atoms with Gasteiger partial charge < -0.3 is 20.5 Å². The standard InChI is InChI=1S/C24H22N4O5/c29-22(30)10-9-20(23(31)28-21-13-25-11-12-26-21)27-24(32)33-14-19-17-7-3-1-5-15(17)16-6-2-4-8-18(16)19/h1-8,11-13,19-20H,9-10,14H2,(H,27,32)(H,29,30)(H,26,28,31). The van der Waals surface area contributed by atoms with Gasteiger partial charge in [-0.3, -0.25) is 14.6 Å². The normalized spacial score (nSPS) is 12.8. The number of carbonyl (C=O) groups excluding carboxylic acids is 2. The van der Waals surface area contributed by atoms with Crippen molar-refractivity contribution >= 4 is 23.8 Å². The Bertz CT molecular complexity index is 1120. The summed E-state index contributed by atoms with van der Waals surface area (Å²) >= 11 is 0. The van der Waals surface area contributed by atoms with Crippen molar-refractivity contribution in [1.82, 2.24) is 15.3 Å². The molecule has 4 rings (SSSR count). The number of carbonyl (C=O) groups is 3. The first-order valence-corrected chi connectivity index (χ1v) is 10.4. The number of rotatable bonds is 8. The zero-order chi connectivity index (χ0) is 23.2. The van der Waals surface area contributed by atoms with Crippen LogP contribution in [0.1, 0.15) is 29.9 Å². The van der Waals surface area contributed by atoms with Gasteiger partial charge in [-0.05, 0) is 28.7 Å². The Morgan fingerprint density at radius 2 is 1.67 bits per heavy atom. The lowest BCUT2D eigenvalue weighted by Crippen LogP contribution is -2.44. The van der Waals surface area contributed by atoms with Crippen molar-refractivity contribution in [3.05, 3.63) is 78.2 Å². The highest BCUT2D eigenvalue weighted by atomic mass is 16.5. The van der Waals surface area contributed by atoms with E-state index in [1.807, 2.05) is 48.5 Å². The van der Waals surface area contributed by atoms with Gasteiger partial charge in [-0.1, -0.05) is 48.5 Å². The van der Waals surface area contributed by atoms with E-state index in [9.17, 15) is 14.4 Å². The minimum absolute atomic E-state index is 0.0806. The molecule has 0 saturated heterocycles. The lowest BCUT2D eigenvalue weighted by atomic mass is 9.98. The number of anilines is 1. The fourth-order valence-corrected chi connectivity index (χ4v) is 3.90. The van der Waals surface area contributed by atoms with E-state index in [1.165, 1.54) is 18.6 Å². The number of aromatic nitrogens is 2. The summed E-state index contributed by atoms with van der Waals surface area (Å²) in [5.41, 5.74) is 4.33. The van der Waals surface area contributed by atoms with Crippen molar-refractivity contribution in [1.29, 1.82) is 0 Å². The Labute approximate surface area is 189 Å². The summed E-state index contributed by atoms with van der Waals surface area (Å²) in [6.45, 7) is 0.0806. The fourth-order valence-electron chi connectivity index (χ4n) is 3.90. The second-order valence-electron chi connectivity index (χ2n) is 7.53. The Morgan fingerprint density at radius 3 is 2.27 bits per heavy atom. The van der Waals surface area contributed by atoms with Crippen LogP contribution in [-0.2, 0) is 14.3 Å². The highest BCUT2D eigenvalue weighted by molar-refractivity contribution is 5.96. The highest BCUT2D eigenvalue weighted by Crippen LogP contribution is 2.44. The molecule has 2 amide bonds. The van der Waals surface area contributed by atoms with Crippen LogP contribution in [0.15, 0.2) is 67.1 Å². The van der Waals surface area contributed by atoms with Gasteiger partial charge in [0.2, 0.25) is 5.91 Å². The van der Waals surface area contributed by atoms with Crippen LogP contribution in [0, 0.1) is 0 Å². The molecule has 1 aromatic heterocycles. The molecule has 0 radical (unpaired) electrons. The number of fused-ring (bicyclic) bond motifs is 3. The monoisotopic (exact) mass is 446 g/mol. The molecule has 3 aromatic rings. The average Bonchev–Trinajstić information content (AvgIpc) is 3.14. The van der Waals surface area contributed by atoms with Gasteiger partial charge in [-0.15, -0.1) is 0 Å². The Hall–Kier alpha value is -4.27. The Morgan fingerprint density at radius 1 is 1.00 bits per heavy atom. The minimum Gasteiger partial charge on any atom is -0.481 e. The molecule has 1 atom stereocenters. The van der Waals surface area contributed by atoms with Gasteiger partial charge in [-0.25, -0.2) is 9.78 Å². The summed E-state index contributed by atoms with van der Waals surface area (Å²) in [6, 6.07) is 14.8. The van der Waals surface area contributed by atoms with Crippen LogP contribution in [0.2, 0.25) is 0 Å². The molecule has 0 saturated carbocycles. The number of ether oxygens (including phenoxy) is 1. The molecule has 1 aliphatic rings. The maximum absolute atomic E-state index is 12.6. The van der Waals surface area contributed by atoms with Gasteiger partial charge in [0, 0.05) is 24.7 Å². The summed E-state index contributed by atoms with van der Waals surface area (Å²) in [5.74, 6) is -1.63. The average molecular weight is 446 g/mol. The SMILES string of the molecule is O=C(O)CCC(NC(=O)OCC1c2ccccc2-c2ccccc21)C(=O)Nc1cnccn1. The van der Waals surface area contributed by atoms with Gasteiger partial charge >= 0.3 is 12.1 Å². The molecule has 0 bridgehead atoms. The molecule has 1 heterocycles. The number of hydrogen-bond acceptors (Lipinski definition) is 6. The van der Waals surface area contributed by atoms with Crippen molar-refractivity contribution in [2.75, 3.05) is 11.9 Å². The van der Waals surface area contributed by atoms with E-state index in [0.717, 1.165) is 22.3 Å². The van der Waals surface area contributed by atoms with E-state index < -0.39 is 24.0 Å². The number of carboxylic acids is 1. The summed E-state index contributed by atoms with van der Waals surface area (Å²) in [4.78, 5) is 44.0. The molecular formula is C24H22N4O5. The summed E-state index contributed by atoms with van der Waals surface area (Å²) < 4.78 is 5.47. The Balaban J connectivity index is 1.42. The second-order valence-corrected chi connectivity index (χ2v) is 7.53. The van der Waals surface area contributed by atoms with Crippen LogP contribution in [0.3, 0.4) is 0 Å². The van der Waals surface area contributed by atoms with Crippen LogP contribution in [0.4, 0.5) is 10.6 Å². The molecule has 1 unspecified atom stereocenters. The van der Waals surface area contributed by atoms with Gasteiger partial charge in [0.25, 0.3) is 0 Å². The minimum atomic E-state index is -1.11. The number of alkyl carbamates (subject to hydrolysis) is 1. The van der Waals surface area contributed by atoms with Crippen molar-refractivity contribution in [3.63, 3.8) is 0 Å². The third kappa shape index (κ3) is 5.15. The first kappa shape index (κ1) is 21.9. The number of carboxylic acid groups (broad SMARTS) is 1. The maximum Gasteiger partial charge on any atom is 0.407 e. The van der Waals surface area contributed by atoms with Crippen molar-refractivity contribution in [2.45, 2.75) is 24.8 Å². The second kappa shape index (κ2) is 9.90. The van der Waals surface area contributed by atoms with Crippen molar-refractivity contribution in [3.8, 4) is 11.1 Å². The summed E-state index contributed by atoms with van der Waals surface area (Å²) in [6.07, 6.45) is 2.99. The van der Waals surface area contributed by atoms with E-state index in [-0.39, 0.29) is 31.2 Å². The lowest BCUT2D eigenvalue weighted by molar-refractivity contribution is -0.137. The summed E-state index contributed by atoms with van der Waals surface area (Å²) in [7, 11) is 0. The number of benzene rings is 2. The third-order valence-electron chi connectivity index (χ3n) is 5.41. The van der Waals surface area contributed by atoms with E-state index in [1.54, 1.807) is 0 Å². The van der Waals surface area contributed by atoms with E-state index >= 15 is 0 Å². The van der Waals surface area contributed by atoms with Gasteiger partial charge in [0.05, 0.1) is 6.20 Å². The molecule has 3 N–H and O–H groups in total. The molecule has 33 heavy (non-hydrogen) atoms. The Kier molecular flexibility index (Phi) is 6.58. The van der Waals surface area contributed by atoms with Crippen LogP contribution in [-0.4, -0.2) is 45.7 Å². The molecule has 1 aliphatic carbocycles. The number of nitrogens with zero attached hydrogens (tertiary/aromatic N) is 2. The molecule has 168 valence electrons. The van der Waals surface area contributed by atoms with Gasteiger partial charge in [-0.2, -0.15) is 0 Å².